The summed E-state index contributed by atoms with van der Waals surface area (Å²) in [6, 6.07) is 7.12. The summed E-state index contributed by atoms with van der Waals surface area (Å²) in [5.74, 6) is 0. The van der Waals surface area contributed by atoms with Crippen LogP contribution >= 0.6 is 0 Å². The Morgan fingerprint density at radius 3 is 2.50 bits per heavy atom. The number of aromatic nitrogens is 1. The molecule has 0 aliphatic heterocycles. The third-order valence-electron chi connectivity index (χ3n) is 2.25. The molecular formula is C11H7F3NO. The fourth-order valence-corrected chi connectivity index (χ4v) is 1.51. The van der Waals surface area contributed by atoms with E-state index in [9.17, 15) is 18.3 Å². The van der Waals surface area contributed by atoms with Crippen LogP contribution in [0.25, 0.3) is 10.9 Å². The zero-order valence-corrected chi connectivity index (χ0v) is 8.08. The lowest BCUT2D eigenvalue weighted by molar-refractivity contribution is -0.141. The highest BCUT2D eigenvalue weighted by Gasteiger charge is 2.33. The molecule has 1 heterocycles. The molecule has 0 spiro atoms. The summed E-state index contributed by atoms with van der Waals surface area (Å²) >= 11 is 0. The van der Waals surface area contributed by atoms with Crippen molar-refractivity contribution in [3.05, 3.63) is 41.6 Å². The highest BCUT2D eigenvalue weighted by molar-refractivity contribution is 5.82. The van der Waals surface area contributed by atoms with Crippen LogP contribution in [0.2, 0.25) is 0 Å². The van der Waals surface area contributed by atoms with Gasteiger partial charge in [0.05, 0.1) is 5.52 Å². The van der Waals surface area contributed by atoms with E-state index in [1.54, 1.807) is 18.2 Å². The van der Waals surface area contributed by atoms with Crippen LogP contribution in [0.15, 0.2) is 30.3 Å². The number of halogens is 3. The van der Waals surface area contributed by atoms with Crippen molar-refractivity contribution in [2.24, 2.45) is 0 Å². The van der Waals surface area contributed by atoms with Crippen molar-refractivity contribution < 1.29 is 18.3 Å². The first kappa shape index (κ1) is 10.9. The molecule has 2 aromatic rings. The lowest BCUT2D eigenvalue weighted by Crippen LogP contribution is -2.09. The Balaban J connectivity index is 2.73. The van der Waals surface area contributed by atoms with Gasteiger partial charge in [-0.3, -0.25) is 0 Å². The van der Waals surface area contributed by atoms with E-state index in [1.807, 2.05) is 0 Å². The van der Waals surface area contributed by atoms with Crippen LogP contribution in [-0.4, -0.2) is 4.98 Å². The second kappa shape index (κ2) is 3.75. The predicted octanol–water partition coefficient (Wildman–Crippen LogP) is 3.18. The molecule has 0 aliphatic carbocycles. The van der Waals surface area contributed by atoms with Crippen molar-refractivity contribution in [2.45, 2.75) is 12.8 Å². The van der Waals surface area contributed by atoms with E-state index in [2.05, 4.69) is 4.98 Å². The van der Waals surface area contributed by atoms with Crippen molar-refractivity contribution in [3.8, 4) is 0 Å². The average molecular weight is 226 g/mol. The van der Waals surface area contributed by atoms with Gasteiger partial charge in [-0.15, -0.1) is 0 Å². The zero-order chi connectivity index (χ0) is 11.8. The number of para-hydroxylation sites is 1. The Morgan fingerprint density at radius 1 is 1.19 bits per heavy atom. The van der Waals surface area contributed by atoms with Gasteiger partial charge in [0.1, 0.15) is 12.3 Å². The van der Waals surface area contributed by atoms with Gasteiger partial charge in [-0.05, 0) is 17.7 Å². The van der Waals surface area contributed by atoms with Gasteiger partial charge < -0.3 is 0 Å². The molecule has 83 valence electrons. The quantitative estimate of drug-likeness (QED) is 0.735. The summed E-state index contributed by atoms with van der Waals surface area (Å²) in [4.78, 5) is 3.49. The molecule has 0 bridgehead atoms. The van der Waals surface area contributed by atoms with Crippen LogP contribution in [0, 0.1) is 0 Å². The van der Waals surface area contributed by atoms with Crippen LogP contribution in [0.4, 0.5) is 13.2 Å². The minimum absolute atomic E-state index is 0.123. The standard InChI is InChI=1S/C11H7F3NO/c12-11(13,14)10-5-7(6-16)8-3-1-2-4-9(8)15-10/h1-5H,6H2. The molecule has 5 heteroatoms. The van der Waals surface area contributed by atoms with Crippen LogP contribution in [0.1, 0.15) is 11.3 Å². The fraction of sp³-hybridized carbons (Fsp3) is 0.182. The highest BCUT2D eigenvalue weighted by atomic mass is 19.4. The predicted molar refractivity (Wildman–Crippen MR) is 51.1 cm³/mol. The van der Waals surface area contributed by atoms with Crippen LogP contribution < -0.4 is 0 Å². The molecule has 0 N–H and O–H groups in total. The molecule has 0 aliphatic rings. The maximum Gasteiger partial charge on any atom is 0.433 e. The van der Waals surface area contributed by atoms with Gasteiger partial charge in [-0.2, -0.15) is 13.2 Å². The van der Waals surface area contributed by atoms with Crippen molar-refractivity contribution in [2.75, 3.05) is 0 Å². The number of hydrogen-bond acceptors (Lipinski definition) is 1. The smallest absolute Gasteiger partial charge is 0.243 e. The fourth-order valence-electron chi connectivity index (χ4n) is 1.51. The first-order chi connectivity index (χ1) is 7.52. The molecule has 2 nitrogen and oxygen atoms in total. The molecule has 2 rings (SSSR count). The first-order valence-electron chi connectivity index (χ1n) is 4.56. The third-order valence-corrected chi connectivity index (χ3v) is 2.25. The normalized spacial score (nSPS) is 12.0. The number of benzene rings is 1. The van der Waals surface area contributed by atoms with Crippen LogP contribution in [0.3, 0.4) is 0 Å². The molecule has 1 radical (unpaired) electrons. The largest absolute Gasteiger partial charge is 0.433 e. The van der Waals surface area contributed by atoms with Gasteiger partial charge in [0.25, 0.3) is 0 Å². The molecular weight excluding hydrogens is 219 g/mol. The van der Waals surface area contributed by atoms with E-state index in [0.29, 0.717) is 5.39 Å². The molecule has 16 heavy (non-hydrogen) atoms. The summed E-state index contributed by atoms with van der Waals surface area (Å²) < 4.78 is 37.4. The lowest BCUT2D eigenvalue weighted by Gasteiger charge is -2.09. The maximum atomic E-state index is 12.5. The van der Waals surface area contributed by atoms with E-state index in [4.69, 9.17) is 0 Å². The number of rotatable bonds is 1. The van der Waals surface area contributed by atoms with Gasteiger partial charge in [0.2, 0.25) is 0 Å². The number of pyridine rings is 1. The molecule has 0 amide bonds. The summed E-state index contributed by atoms with van der Waals surface area (Å²) in [5.41, 5.74) is -0.696. The Morgan fingerprint density at radius 2 is 1.88 bits per heavy atom. The summed E-state index contributed by atoms with van der Waals surface area (Å²) in [6.45, 7) is -0.688. The SMILES string of the molecule is [O]Cc1cc(C(F)(F)F)nc2ccccc12. The molecule has 1 aromatic heterocycles. The number of hydrogen-bond donors (Lipinski definition) is 0. The topological polar surface area (TPSA) is 32.8 Å². The molecule has 0 atom stereocenters. The van der Waals surface area contributed by atoms with E-state index in [1.165, 1.54) is 6.07 Å². The van der Waals surface area contributed by atoms with Gasteiger partial charge in [0.15, 0.2) is 0 Å². The minimum Gasteiger partial charge on any atom is -0.243 e. The van der Waals surface area contributed by atoms with Gasteiger partial charge >= 0.3 is 6.18 Å². The minimum atomic E-state index is -4.52. The molecule has 1 aromatic carbocycles. The summed E-state index contributed by atoms with van der Waals surface area (Å²) in [6.07, 6.45) is -4.52. The second-order valence-corrected chi connectivity index (χ2v) is 3.33. The van der Waals surface area contributed by atoms with Crippen molar-refractivity contribution in [1.82, 2.24) is 4.98 Å². The van der Waals surface area contributed by atoms with Gasteiger partial charge in [-0.25, -0.2) is 10.1 Å². The Bertz CT molecular complexity index is 522. The zero-order valence-electron chi connectivity index (χ0n) is 8.08. The molecule has 0 saturated carbocycles. The monoisotopic (exact) mass is 226 g/mol. The van der Waals surface area contributed by atoms with Gasteiger partial charge in [-0.1, -0.05) is 18.2 Å². The van der Waals surface area contributed by atoms with E-state index >= 15 is 0 Å². The summed E-state index contributed by atoms with van der Waals surface area (Å²) in [7, 11) is 0. The first-order valence-corrected chi connectivity index (χ1v) is 4.56. The van der Waals surface area contributed by atoms with Crippen molar-refractivity contribution in [3.63, 3.8) is 0 Å². The van der Waals surface area contributed by atoms with Crippen molar-refractivity contribution >= 4 is 10.9 Å². The van der Waals surface area contributed by atoms with E-state index < -0.39 is 18.5 Å². The molecule has 0 saturated heterocycles. The number of fused-ring (bicyclic) bond motifs is 1. The average Bonchev–Trinajstić information content (AvgIpc) is 2.26. The Hall–Kier alpha value is -1.62. The van der Waals surface area contributed by atoms with Crippen LogP contribution in [0.5, 0.6) is 0 Å². The third kappa shape index (κ3) is 1.86. The highest BCUT2D eigenvalue weighted by Crippen LogP contribution is 2.30. The number of alkyl halides is 3. The molecule has 0 unspecified atom stereocenters. The Labute approximate surface area is 89.4 Å². The molecule has 0 fully saturated rings. The van der Waals surface area contributed by atoms with Gasteiger partial charge in [0, 0.05) is 5.39 Å². The summed E-state index contributed by atoms with van der Waals surface area (Å²) in [5, 5.41) is 11.3. The lowest BCUT2D eigenvalue weighted by atomic mass is 10.1. The number of nitrogens with zero attached hydrogens (tertiary/aromatic N) is 1. The van der Waals surface area contributed by atoms with E-state index in [-0.39, 0.29) is 11.1 Å². The van der Waals surface area contributed by atoms with E-state index in [0.717, 1.165) is 6.07 Å². The maximum absolute atomic E-state index is 12.5. The van der Waals surface area contributed by atoms with Crippen LogP contribution in [-0.2, 0) is 17.9 Å². The second-order valence-electron chi connectivity index (χ2n) is 3.33. The Kier molecular flexibility index (Phi) is 2.55. The van der Waals surface area contributed by atoms with Crippen molar-refractivity contribution in [1.29, 1.82) is 0 Å².